The highest BCUT2D eigenvalue weighted by Crippen LogP contribution is 2.30. The van der Waals surface area contributed by atoms with Crippen molar-refractivity contribution in [1.82, 2.24) is 14.5 Å². The second-order valence-corrected chi connectivity index (χ2v) is 5.66. The zero-order valence-corrected chi connectivity index (χ0v) is 12.6. The van der Waals surface area contributed by atoms with Gasteiger partial charge < -0.3 is 15.2 Å². The quantitative estimate of drug-likeness (QED) is 0.785. The summed E-state index contributed by atoms with van der Waals surface area (Å²) >= 11 is 0. The van der Waals surface area contributed by atoms with Crippen molar-refractivity contribution in [2.75, 3.05) is 38.6 Å². The van der Waals surface area contributed by atoms with Crippen LogP contribution in [0.15, 0.2) is 17.1 Å². The van der Waals surface area contributed by atoms with E-state index < -0.39 is 24.2 Å². The Hall–Kier alpha value is -1.84. The van der Waals surface area contributed by atoms with Crippen molar-refractivity contribution >= 4 is 11.6 Å². The Morgan fingerprint density at radius 1 is 1.43 bits per heavy atom. The Labute approximate surface area is 132 Å². The summed E-state index contributed by atoms with van der Waals surface area (Å²) in [6.45, 7) is 2.52. The SMILES string of the molecule is Nc1ccn([C@H]2C[C@H](F)[C@@H](C(=O)CN3CCOCC3)O2)c(=O)n1. The number of nitrogens with zero attached hydrogens (tertiary/aromatic N) is 3. The monoisotopic (exact) mass is 326 g/mol. The van der Waals surface area contributed by atoms with Crippen LogP contribution in [0, 0.1) is 0 Å². The lowest BCUT2D eigenvalue weighted by Crippen LogP contribution is -2.43. The summed E-state index contributed by atoms with van der Waals surface area (Å²) in [5.41, 5.74) is 4.80. The Kier molecular flexibility index (Phi) is 4.69. The van der Waals surface area contributed by atoms with Gasteiger partial charge in [0.1, 0.15) is 18.2 Å². The molecule has 1 aromatic rings. The van der Waals surface area contributed by atoms with Gasteiger partial charge in [0, 0.05) is 25.7 Å². The Balaban J connectivity index is 1.65. The molecular formula is C14H19FN4O4. The van der Waals surface area contributed by atoms with E-state index in [1.165, 1.54) is 12.3 Å². The van der Waals surface area contributed by atoms with Gasteiger partial charge in [-0.15, -0.1) is 0 Å². The molecule has 2 N–H and O–H groups in total. The lowest BCUT2D eigenvalue weighted by molar-refractivity contribution is -0.136. The summed E-state index contributed by atoms with van der Waals surface area (Å²) in [7, 11) is 0. The molecule has 0 saturated carbocycles. The van der Waals surface area contributed by atoms with Crippen LogP contribution in [0.25, 0.3) is 0 Å². The van der Waals surface area contributed by atoms with Crippen LogP contribution < -0.4 is 11.4 Å². The van der Waals surface area contributed by atoms with Crippen LogP contribution >= 0.6 is 0 Å². The van der Waals surface area contributed by atoms with E-state index in [1.807, 2.05) is 4.90 Å². The second kappa shape index (κ2) is 6.73. The highest BCUT2D eigenvalue weighted by Gasteiger charge is 2.41. The van der Waals surface area contributed by atoms with E-state index >= 15 is 0 Å². The summed E-state index contributed by atoms with van der Waals surface area (Å²) in [6, 6.07) is 1.43. The molecule has 3 heterocycles. The molecule has 0 aliphatic carbocycles. The Bertz CT molecular complexity index is 631. The van der Waals surface area contributed by atoms with Crippen molar-refractivity contribution in [2.24, 2.45) is 0 Å². The zero-order chi connectivity index (χ0) is 16.4. The topological polar surface area (TPSA) is 99.7 Å². The number of alkyl halides is 1. The van der Waals surface area contributed by atoms with Gasteiger partial charge in [-0.1, -0.05) is 0 Å². The molecule has 9 heteroatoms. The first-order chi connectivity index (χ1) is 11.0. The lowest BCUT2D eigenvalue weighted by atomic mass is 10.1. The van der Waals surface area contributed by atoms with Gasteiger partial charge in [-0.25, -0.2) is 9.18 Å². The van der Waals surface area contributed by atoms with E-state index in [0.29, 0.717) is 26.3 Å². The molecule has 1 aromatic heterocycles. The van der Waals surface area contributed by atoms with Gasteiger partial charge in [0.25, 0.3) is 0 Å². The van der Waals surface area contributed by atoms with Gasteiger partial charge in [0.05, 0.1) is 19.8 Å². The molecule has 0 bridgehead atoms. The van der Waals surface area contributed by atoms with Gasteiger partial charge in [-0.2, -0.15) is 4.98 Å². The molecule has 8 nitrogen and oxygen atoms in total. The highest BCUT2D eigenvalue weighted by molar-refractivity contribution is 5.85. The molecular weight excluding hydrogens is 307 g/mol. The van der Waals surface area contributed by atoms with E-state index in [2.05, 4.69) is 4.98 Å². The van der Waals surface area contributed by atoms with Gasteiger partial charge in [0.2, 0.25) is 0 Å². The van der Waals surface area contributed by atoms with Crippen molar-refractivity contribution in [1.29, 1.82) is 0 Å². The van der Waals surface area contributed by atoms with E-state index in [4.69, 9.17) is 15.2 Å². The highest BCUT2D eigenvalue weighted by atomic mass is 19.1. The number of carbonyl (C=O) groups excluding carboxylic acids is 1. The molecule has 2 aliphatic rings. The normalized spacial score (nSPS) is 28.8. The number of aromatic nitrogens is 2. The number of hydrogen-bond acceptors (Lipinski definition) is 7. The maximum Gasteiger partial charge on any atom is 0.351 e. The summed E-state index contributed by atoms with van der Waals surface area (Å²) in [6.07, 6.45) is -2.11. The molecule has 3 atom stereocenters. The molecule has 3 rings (SSSR count). The fraction of sp³-hybridized carbons (Fsp3) is 0.643. The molecule has 0 radical (unpaired) electrons. The van der Waals surface area contributed by atoms with Gasteiger partial charge in [0.15, 0.2) is 11.9 Å². The Morgan fingerprint density at radius 2 is 2.17 bits per heavy atom. The number of ketones is 1. The maximum atomic E-state index is 14.2. The average molecular weight is 326 g/mol. The van der Waals surface area contributed by atoms with Crippen LogP contribution in [-0.4, -0.2) is 65.4 Å². The van der Waals surface area contributed by atoms with E-state index in [9.17, 15) is 14.0 Å². The third-order valence-electron chi connectivity index (χ3n) is 4.02. The number of hydrogen-bond donors (Lipinski definition) is 1. The first kappa shape index (κ1) is 16.0. The number of nitrogen functional groups attached to an aromatic ring is 1. The number of ether oxygens (including phenoxy) is 2. The van der Waals surface area contributed by atoms with Crippen LogP contribution in [0.5, 0.6) is 0 Å². The molecule has 0 amide bonds. The molecule has 0 aromatic carbocycles. The van der Waals surface area contributed by atoms with Crippen molar-refractivity contribution in [3.63, 3.8) is 0 Å². The van der Waals surface area contributed by atoms with Crippen LogP contribution in [0.3, 0.4) is 0 Å². The molecule has 23 heavy (non-hydrogen) atoms. The number of rotatable bonds is 4. The van der Waals surface area contributed by atoms with E-state index in [-0.39, 0.29) is 24.6 Å². The zero-order valence-electron chi connectivity index (χ0n) is 12.6. The maximum absolute atomic E-state index is 14.2. The third kappa shape index (κ3) is 3.57. The van der Waals surface area contributed by atoms with E-state index in [0.717, 1.165) is 4.57 Å². The van der Waals surface area contributed by atoms with Crippen molar-refractivity contribution in [3.8, 4) is 0 Å². The largest absolute Gasteiger partial charge is 0.383 e. The number of morpholine rings is 1. The first-order valence-electron chi connectivity index (χ1n) is 7.51. The molecule has 2 saturated heterocycles. The minimum Gasteiger partial charge on any atom is -0.383 e. The molecule has 126 valence electrons. The molecule has 0 unspecified atom stereocenters. The van der Waals surface area contributed by atoms with Gasteiger partial charge in [-0.05, 0) is 6.07 Å². The fourth-order valence-electron chi connectivity index (χ4n) is 2.80. The molecule has 0 spiro atoms. The Morgan fingerprint density at radius 3 is 2.87 bits per heavy atom. The van der Waals surface area contributed by atoms with Crippen molar-refractivity contribution in [2.45, 2.75) is 24.9 Å². The van der Waals surface area contributed by atoms with Crippen molar-refractivity contribution < 1.29 is 18.7 Å². The lowest BCUT2D eigenvalue weighted by Gasteiger charge is -2.27. The number of nitrogens with two attached hydrogens (primary N) is 1. The van der Waals surface area contributed by atoms with Crippen LogP contribution in [0.2, 0.25) is 0 Å². The fourth-order valence-corrected chi connectivity index (χ4v) is 2.80. The first-order valence-corrected chi connectivity index (χ1v) is 7.51. The van der Waals surface area contributed by atoms with Crippen LogP contribution in [0.4, 0.5) is 10.2 Å². The smallest absolute Gasteiger partial charge is 0.351 e. The van der Waals surface area contributed by atoms with Crippen LogP contribution in [-0.2, 0) is 14.3 Å². The average Bonchev–Trinajstić information content (AvgIpc) is 2.90. The number of anilines is 1. The standard InChI is InChI=1S/C14H19FN4O4/c15-9-7-12(19-2-1-11(16)17-14(19)21)23-13(9)10(20)8-18-3-5-22-6-4-18/h1-2,9,12-13H,3-8H2,(H2,16,17,21)/t9-,12+,13-/m0/s1. The van der Waals surface area contributed by atoms with Gasteiger partial charge in [-0.3, -0.25) is 14.3 Å². The summed E-state index contributed by atoms with van der Waals surface area (Å²) in [4.78, 5) is 29.6. The summed E-state index contributed by atoms with van der Waals surface area (Å²) in [5.74, 6) is -0.237. The third-order valence-corrected chi connectivity index (χ3v) is 4.02. The predicted molar refractivity (Wildman–Crippen MR) is 78.6 cm³/mol. The van der Waals surface area contributed by atoms with Gasteiger partial charge >= 0.3 is 5.69 Å². The number of Topliss-reactive ketones (excluding diaryl/α,β-unsaturated/α-hetero) is 1. The van der Waals surface area contributed by atoms with Crippen LogP contribution in [0.1, 0.15) is 12.6 Å². The number of halogens is 1. The minimum absolute atomic E-state index is 0.0645. The van der Waals surface area contributed by atoms with E-state index in [1.54, 1.807) is 0 Å². The second-order valence-electron chi connectivity index (χ2n) is 5.66. The summed E-state index contributed by atoms with van der Waals surface area (Å²) in [5, 5.41) is 0. The van der Waals surface area contributed by atoms with Crippen molar-refractivity contribution in [3.05, 3.63) is 22.7 Å². The molecule has 2 aliphatic heterocycles. The summed E-state index contributed by atoms with van der Waals surface area (Å²) < 4.78 is 26.0. The minimum atomic E-state index is -1.45. The molecule has 2 fully saturated rings. The predicted octanol–water partition coefficient (Wildman–Crippen LogP) is -0.648. The number of carbonyl (C=O) groups is 1.